The lowest BCUT2D eigenvalue weighted by Gasteiger charge is -2.11. The van der Waals surface area contributed by atoms with Crippen molar-refractivity contribution >= 4 is 45.2 Å². The Hall–Kier alpha value is -4.89. The molecule has 0 spiro atoms. The molecule has 0 fully saturated rings. The molecule has 8 nitrogen and oxygen atoms in total. The molecule has 5 aromatic rings. The van der Waals surface area contributed by atoms with Crippen molar-refractivity contribution in [3.05, 3.63) is 100 Å². The van der Waals surface area contributed by atoms with Crippen LogP contribution in [0, 0.1) is 0 Å². The third kappa shape index (κ3) is 6.03. The second kappa shape index (κ2) is 12.5. The van der Waals surface area contributed by atoms with Crippen molar-refractivity contribution in [2.24, 2.45) is 0 Å². The summed E-state index contributed by atoms with van der Waals surface area (Å²) >= 11 is 1.39. The minimum Gasteiger partial charge on any atom is -0.465 e. The summed E-state index contributed by atoms with van der Waals surface area (Å²) in [7, 11) is 1.33. The van der Waals surface area contributed by atoms with Crippen LogP contribution in [-0.4, -0.2) is 41.5 Å². The first-order valence-electron chi connectivity index (χ1n) is 14.1. The average Bonchev–Trinajstić information content (AvgIpc) is 3.22. The highest BCUT2D eigenvalue weighted by Gasteiger charge is 2.26. The number of aryl methyl sites for hydroxylation is 1. The Morgan fingerprint density at radius 2 is 1.44 bits per heavy atom. The molecule has 0 saturated carbocycles. The molecule has 1 N–H and O–H groups in total. The first kappa shape index (κ1) is 28.2. The molecule has 2 aromatic heterocycles. The maximum absolute atomic E-state index is 13.0. The molecule has 1 aliphatic carbocycles. The van der Waals surface area contributed by atoms with Crippen LogP contribution >= 0.6 is 11.3 Å². The molecular formula is C34H29N3O5S. The van der Waals surface area contributed by atoms with Gasteiger partial charge in [-0.2, -0.15) is 0 Å². The normalized spacial score (nSPS) is 12.7. The summed E-state index contributed by atoms with van der Waals surface area (Å²) in [6, 6.07) is 24.5. The van der Waals surface area contributed by atoms with Crippen LogP contribution < -0.4 is 5.32 Å². The van der Waals surface area contributed by atoms with Gasteiger partial charge in [-0.1, -0.05) is 67.1 Å². The molecule has 0 unspecified atom stereocenters. The molecule has 0 saturated heterocycles. The lowest BCUT2D eigenvalue weighted by molar-refractivity contribution is -0.119. The van der Waals surface area contributed by atoms with Gasteiger partial charge in [-0.25, -0.2) is 19.6 Å². The minimum atomic E-state index is -0.664. The highest BCUT2D eigenvalue weighted by molar-refractivity contribution is 7.17. The maximum atomic E-state index is 13.0. The summed E-state index contributed by atoms with van der Waals surface area (Å²) in [6.45, 7) is -0.506. The van der Waals surface area contributed by atoms with E-state index in [1.165, 1.54) is 18.4 Å². The van der Waals surface area contributed by atoms with Crippen molar-refractivity contribution in [2.45, 2.75) is 32.1 Å². The van der Waals surface area contributed by atoms with Gasteiger partial charge in [-0.15, -0.1) is 11.3 Å². The van der Waals surface area contributed by atoms with E-state index in [-0.39, 0.29) is 5.56 Å². The standard InChI is InChI=1S/C34H29N3O5S/c1-41-34(40)29-24-15-9-4-10-16-27(24)43-32(29)37-28(38)20-42-33(39)23-17-18-25-26(19-23)36-31(22-13-7-3-8-14-22)30(35-25)21-11-5-2-6-12-21/h2-3,5-8,11-14,17-19H,4,9-10,15-16,20H2,1H3,(H,37,38). The van der Waals surface area contributed by atoms with Gasteiger partial charge in [0.25, 0.3) is 5.91 Å². The summed E-state index contributed by atoms with van der Waals surface area (Å²) in [5, 5.41) is 3.20. The van der Waals surface area contributed by atoms with Crippen LogP contribution in [0.2, 0.25) is 0 Å². The maximum Gasteiger partial charge on any atom is 0.341 e. The molecule has 2 heterocycles. The molecule has 3 aromatic carbocycles. The fraction of sp³-hybridized carbons (Fsp3) is 0.206. The zero-order valence-corrected chi connectivity index (χ0v) is 24.4. The zero-order chi connectivity index (χ0) is 29.8. The minimum absolute atomic E-state index is 0.249. The summed E-state index contributed by atoms with van der Waals surface area (Å²) < 4.78 is 10.4. The number of aromatic nitrogens is 2. The molecule has 216 valence electrons. The van der Waals surface area contributed by atoms with Crippen molar-refractivity contribution in [1.82, 2.24) is 9.97 Å². The lowest BCUT2D eigenvalue weighted by atomic mass is 10.0. The molecular weight excluding hydrogens is 562 g/mol. The van der Waals surface area contributed by atoms with E-state index in [2.05, 4.69) is 5.32 Å². The first-order valence-corrected chi connectivity index (χ1v) is 15.0. The molecule has 0 bridgehead atoms. The molecule has 6 rings (SSSR count). The average molecular weight is 592 g/mol. The van der Waals surface area contributed by atoms with Crippen molar-refractivity contribution < 1.29 is 23.9 Å². The predicted molar refractivity (Wildman–Crippen MR) is 166 cm³/mol. The van der Waals surface area contributed by atoms with Gasteiger partial charge in [0.2, 0.25) is 0 Å². The Morgan fingerprint density at radius 3 is 2.12 bits per heavy atom. The molecule has 1 aliphatic rings. The number of thiophene rings is 1. The number of hydrogen-bond donors (Lipinski definition) is 1. The van der Waals surface area contributed by atoms with Gasteiger partial charge in [-0.3, -0.25) is 4.79 Å². The van der Waals surface area contributed by atoms with Crippen molar-refractivity contribution in [3.8, 4) is 22.5 Å². The van der Waals surface area contributed by atoms with Gasteiger partial charge >= 0.3 is 11.9 Å². The topological polar surface area (TPSA) is 107 Å². The van der Waals surface area contributed by atoms with Crippen LogP contribution in [0.1, 0.15) is 50.4 Å². The van der Waals surface area contributed by atoms with Gasteiger partial charge in [0.05, 0.1) is 40.7 Å². The van der Waals surface area contributed by atoms with E-state index in [4.69, 9.17) is 19.4 Å². The van der Waals surface area contributed by atoms with Crippen molar-refractivity contribution in [3.63, 3.8) is 0 Å². The van der Waals surface area contributed by atoms with E-state index in [0.717, 1.165) is 59.4 Å². The first-order chi connectivity index (χ1) is 21.0. The SMILES string of the molecule is COC(=O)c1c(NC(=O)COC(=O)c2ccc3nc(-c4ccccc4)c(-c4ccccc4)nc3c2)sc2c1CCCCC2. The number of benzene rings is 3. The van der Waals surface area contributed by atoms with Gasteiger partial charge in [0, 0.05) is 16.0 Å². The van der Waals surface area contributed by atoms with E-state index in [0.29, 0.717) is 27.3 Å². The molecule has 0 radical (unpaired) electrons. The van der Waals surface area contributed by atoms with Crippen LogP contribution in [0.4, 0.5) is 5.00 Å². The number of amides is 1. The molecule has 9 heteroatoms. The third-order valence-electron chi connectivity index (χ3n) is 7.39. The van der Waals surface area contributed by atoms with Crippen LogP contribution in [-0.2, 0) is 27.1 Å². The number of hydrogen-bond acceptors (Lipinski definition) is 8. The highest BCUT2D eigenvalue weighted by atomic mass is 32.1. The number of methoxy groups -OCH3 is 1. The molecule has 1 amide bonds. The van der Waals surface area contributed by atoms with E-state index in [1.807, 2.05) is 60.7 Å². The summed E-state index contributed by atoms with van der Waals surface area (Å²) in [5.41, 5.74) is 6.02. The number of rotatable bonds is 7. The number of nitrogens with zero attached hydrogens (tertiary/aromatic N) is 2. The van der Waals surface area contributed by atoms with Crippen LogP contribution in [0.5, 0.6) is 0 Å². The second-order valence-corrected chi connectivity index (χ2v) is 11.3. The zero-order valence-electron chi connectivity index (χ0n) is 23.6. The van der Waals surface area contributed by atoms with Gasteiger partial charge in [-0.05, 0) is 49.4 Å². The number of esters is 2. The van der Waals surface area contributed by atoms with Gasteiger partial charge < -0.3 is 14.8 Å². The fourth-order valence-corrected chi connectivity index (χ4v) is 6.60. The number of carbonyl (C=O) groups excluding carboxylic acids is 3. The van der Waals surface area contributed by atoms with Gasteiger partial charge in [0.1, 0.15) is 5.00 Å². The Balaban J connectivity index is 1.22. The highest BCUT2D eigenvalue weighted by Crippen LogP contribution is 2.38. The quantitative estimate of drug-likeness (QED) is 0.162. The van der Waals surface area contributed by atoms with Crippen molar-refractivity contribution in [2.75, 3.05) is 19.0 Å². The number of anilines is 1. The summed E-state index contributed by atoms with van der Waals surface area (Å²) in [4.78, 5) is 49.3. The summed E-state index contributed by atoms with van der Waals surface area (Å²) in [6.07, 6.45) is 4.75. The van der Waals surface area contributed by atoms with Crippen LogP contribution in [0.15, 0.2) is 78.9 Å². The Bertz CT molecular complexity index is 1820. The smallest absolute Gasteiger partial charge is 0.341 e. The predicted octanol–water partition coefficient (Wildman–Crippen LogP) is 6.88. The van der Waals surface area contributed by atoms with E-state index in [9.17, 15) is 14.4 Å². The molecule has 43 heavy (non-hydrogen) atoms. The van der Waals surface area contributed by atoms with E-state index in [1.54, 1.807) is 18.2 Å². The van der Waals surface area contributed by atoms with Crippen LogP contribution in [0.3, 0.4) is 0 Å². The fourth-order valence-electron chi connectivity index (χ4n) is 5.30. The summed E-state index contributed by atoms with van der Waals surface area (Å²) in [5.74, 6) is -1.67. The number of nitrogens with one attached hydrogen (secondary N) is 1. The third-order valence-corrected chi connectivity index (χ3v) is 8.60. The number of carbonyl (C=O) groups is 3. The second-order valence-electron chi connectivity index (χ2n) is 10.2. The van der Waals surface area contributed by atoms with Gasteiger partial charge in [0.15, 0.2) is 6.61 Å². The van der Waals surface area contributed by atoms with E-state index >= 15 is 0 Å². The lowest BCUT2D eigenvalue weighted by Crippen LogP contribution is -2.21. The molecule has 0 atom stereocenters. The Kier molecular flexibility index (Phi) is 8.24. The largest absolute Gasteiger partial charge is 0.465 e. The number of fused-ring (bicyclic) bond motifs is 2. The Labute approximate surface area is 252 Å². The number of ether oxygens (including phenoxy) is 2. The van der Waals surface area contributed by atoms with Crippen LogP contribution in [0.25, 0.3) is 33.5 Å². The molecule has 0 aliphatic heterocycles. The van der Waals surface area contributed by atoms with E-state index < -0.39 is 24.5 Å². The Morgan fingerprint density at radius 1 is 0.791 bits per heavy atom. The monoisotopic (exact) mass is 591 g/mol. The van der Waals surface area contributed by atoms with Crippen molar-refractivity contribution in [1.29, 1.82) is 0 Å².